The van der Waals surface area contributed by atoms with Crippen LogP contribution in [0.2, 0.25) is 0 Å². The molecular weight excluding hydrogens is 388 g/mol. The Hall–Kier alpha value is -2.42. The van der Waals surface area contributed by atoms with Crippen LogP contribution in [0.15, 0.2) is 29.8 Å². The fourth-order valence-corrected chi connectivity index (χ4v) is 4.39. The third-order valence-electron chi connectivity index (χ3n) is 5.35. The minimum absolute atomic E-state index is 0.0556. The minimum Gasteiger partial charge on any atom is -0.497 e. The molecule has 154 valence electrons. The highest BCUT2D eigenvalue weighted by atomic mass is 32.1. The zero-order valence-corrected chi connectivity index (χ0v) is 17.6. The molecular formula is C21H26N4O3S. The second-order valence-corrected chi connectivity index (χ2v) is 8.00. The highest BCUT2D eigenvalue weighted by Gasteiger charge is 2.22. The number of nitrogens with one attached hydrogen (secondary N) is 1. The van der Waals surface area contributed by atoms with E-state index in [2.05, 4.69) is 14.9 Å². The van der Waals surface area contributed by atoms with E-state index in [0.29, 0.717) is 13.0 Å². The molecule has 1 saturated heterocycles. The Kier molecular flexibility index (Phi) is 6.13. The number of methoxy groups -OCH3 is 1. The summed E-state index contributed by atoms with van der Waals surface area (Å²) in [7, 11) is 1.65. The molecule has 1 aliphatic heterocycles. The number of morpholine rings is 1. The normalized spacial score (nSPS) is 15.0. The highest BCUT2D eigenvalue weighted by molar-refractivity contribution is 7.13. The lowest BCUT2D eigenvalue weighted by Gasteiger charge is -2.29. The van der Waals surface area contributed by atoms with Gasteiger partial charge in [0.2, 0.25) is 5.91 Å². The van der Waals surface area contributed by atoms with Gasteiger partial charge < -0.3 is 14.5 Å². The molecule has 1 aliphatic rings. The van der Waals surface area contributed by atoms with Crippen LogP contribution < -0.4 is 9.64 Å². The summed E-state index contributed by atoms with van der Waals surface area (Å²) in [5, 5.41) is 3.69. The van der Waals surface area contributed by atoms with Crippen molar-refractivity contribution in [2.45, 2.75) is 13.3 Å². The van der Waals surface area contributed by atoms with Crippen LogP contribution in [0.25, 0.3) is 10.9 Å². The molecule has 0 bridgehead atoms. The predicted molar refractivity (Wildman–Crippen MR) is 115 cm³/mol. The van der Waals surface area contributed by atoms with Crippen molar-refractivity contribution >= 4 is 33.3 Å². The van der Waals surface area contributed by atoms with Gasteiger partial charge in [-0.15, -0.1) is 11.3 Å². The second-order valence-electron chi connectivity index (χ2n) is 7.13. The molecule has 1 amide bonds. The number of fused-ring (bicyclic) bond motifs is 1. The van der Waals surface area contributed by atoms with Crippen molar-refractivity contribution in [1.29, 1.82) is 0 Å². The topological polar surface area (TPSA) is 70.7 Å². The van der Waals surface area contributed by atoms with E-state index in [1.807, 2.05) is 35.4 Å². The average Bonchev–Trinajstić information content (AvgIpc) is 3.37. The maximum absolute atomic E-state index is 13.3. The zero-order valence-electron chi connectivity index (χ0n) is 16.8. The number of nitrogens with zero attached hydrogens (tertiary/aromatic N) is 3. The van der Waals surface area contributed by atoms with Crippen LogP contribution in [0, 0.1) is 6.92 Å². The number of thiazole rings is 1. The van der Waals surface area contributed by atoms with Gasteiger partial charge in [-0.05, 0) is 30.7 Å². The fraction of sp³-hybridized carbons (Fsp3) is 0.429. The van der Waals surface area contributed by atoms with E-state index in [9.17, 15) is 4.79 Å². The Bertz CT molecular complexity index is 964. The van der Waals surface area contributed by atoms with E-state index in [1.165, 1.54) is 11.3 Å². The molecule has 0 spiro atoms. The molecule has 0 radical (unpaired) electrons. The number of H-pyrrole nitrogens is 1. The number of aromatic nitrogens is 2. The Balaban J connectivity index is 1.55. The number of anilines is 1. The lowest BCUT2D eigenvalue weighted by Crippen LogP contribution is -2.43. The van der Waals surface area contributed by atoms with Crippen molar-refractivity contribution in [3.05, 3.63) is 41.0 Å². The highest BCUT2D eigenvalue weighted by Crippen LogP contribution is 2.28. The number of ether oxygens (including phenoxy) is 2. The summed E-state index contributed by atoms with van der Waals surface area (Å²) in [6.07, 6.45) is 2.07. The molecule has 7 nitrogen and oxygen atoms in total. The van der Waals surface area contributed by atoms with Crippen molar-refractivity contribution in [3.8, 4) is 5.75 Å². The van der Waals surface area contributed by atoms with Gasteiger partial charge in [-0.25, -0.2) is 4.98 Å². The van der Waals surface area contributed by atoms with Crippen molar-refractivity contribution in [2.75, 3.05) is 51.4 Å². The van der Waals surface area contributed by atoms with Crippen LogP contribution >= 0.6 is 11.3 Å². The Labute approximate surface area is 174 Å². The van der Waals surface area contributed by atoms with Crippen LogP contribution in [-0.4, -0.2) is 67.3 Å². The van der Waals surface area contributed by atoms with E-state index in [4.69, 9.17) is 9.47 Å². The molecule has 3 heterocycles. The summed E-state index contributed by atoms with van der Waals surface area (Å²) in [5.41, 5.74) is 3.03. The lowest BCUT2D eigenvalue weighted by atomic mass is 10.1. The third-order valence-corrected chi connectivity index (χ3v) is 6.14. The van der Waals surface area contributed by atoms with Gasteiger partial charge in [0, 0.05) is 54.4 Å². The van der Waals surface area contributed by atoms with Gasteiger partial charge in [-0.1, -0.05) is 0 Å². The summed E-state index contributed by atoms with van der Waals surface area (Å²) in [5.74, 6) is 0.842. The van der Waals surface area contributed by atoms with Gasteiger partial charge >= 0.3 is 0 Å². The van der Waals surface area contributed by atoms with E-state index in [-0.39, 0.29) is 5.91 Å². The van der Waals surface area contributed by atoms with Crippen LogP contribution in [-0.2, 0) is 16.0 Å². The number of amides is 1. The Morgan fingerprint density at radius 3 is 2.93 bits per heavy atom. The first kappa shape index (κ1) is 19.9. The van der Waals surface area contributed by atoms with Crippen molar-refractivity contribution in [1.82, 2.24) is 14.9 Å². The molecule has 1 fully saturated rings. The van der Waals surface area contributed by atoms with Crippen LogP contribution in [0.1, 0.15) is 11.3 Å². The molecule has 1 aromatic carbocycles. The number of carbonyl (C=O) groups is 1. The fourth-order valence-electron chi connectivity index (χ4n) is 3.71. The number of aryl methyl sites for hydroxylation is 1. The van der Waals surface area contributed by atoms with Crippen LogP contribution in [0.4, 0.5) is 5.13 Å². The second kappa shape index (κ2) is 8.94. The maximum Gasteiger partial charge on any atom is 0.233 e. The lowest BCUT2D eigenvalue weighted by molar-refractivity contribution is -0.118. The number of benzene rings is 1. The van der Waals surface area contributed by atoms with Gasteiger partial charge in [-0.3, -0.25) is 14.6 Å². The molecule has 4 rings (SSSR count). The summed E-state index contributed by atoms with van der Waals surface area (Å²) in [6.45, 7) is 6.76. The summed E-state index contributed by atoms with van der Waals surface area (Å²) in [4.78, 5) is 25.3. The predicted octanol–water partition coefficient (Wildman–Crippen LogP) is 2.85. The third kappa shape index (κ3) is 4.44. The number of hydrogen-bond donors (Lipinski definition) is 1. The molecule has 0 unspecified atom stereocenters. The van der Waals surface area contributed by atoms with Gasteiger partial charge in [0.25, 0.3) is 0 Å². The molecule has 0 aliphatic carbocycles. The quantitative estimate of drug-likeness (QED) is 0.644. The summed E-state index contributed by atoms with van der Waals surface area (Å²) < 4.78 is 10.8. The summed E-state index contributed by atoms with van der Waals surface area (Å²) in [6, 6.07) is 5.91. The first-order valence-electron chi connectivity index (χ1n) is 9.81. The molecule has 0 atom stereocenters. The number of hydrogen-bond acceptors (Lipinski definition) is 6. The van der Waals surface area contributed by atoms with E-state index in [1.54, 1.807) is 13.3 Å². The number of rotatable bonds is 7. The van der Waals surface area contributed by atoms with Crippen molar-refractivity contribution in [2.24, 2.45) is 0 Å². The molecule has 0 saturated carbocycles. The molecule has 2 aromatic heterocycles. The van der Waals surface area contributed by atoms with Crippen molar-refractivity contribution in [3.63, 3.8) is 0 Å². The summed E-state index contributed by atoms with van der Waals surface area (Å²) >= 11 is 1.50. The van der Waals surface area contributed by atoms with Gasteiger partial charge in [-0.2, -0.15) is 0 Å². The number of aromatic amines is 1. The van der Waals surface area contributed by atoms with Gasteiger partial charge in [0.05, 0.1) is 26.7 Å². The molecule has 29 heavy (non-hydrogen) atoms. The SMILES string of the molecule is COc1ccc2[nH]c(C)c(CC(=O)N(CCN3CCOCC3)c3nccs3)c2c1. The van der Waals surface area contributed by atoms with Crippen LogP contribution in [0.5, 0.6) is 5.75 Å². The standard InChI is InChI=1S/C21H26N4O3S/c1-15-17(18-13-16(27-2)3-4-19(18)23-15)14-20(26)25(21-22-5-12-29-21)7-6-24-8-10-28-11-9-24/h3-5,12-13,23H,6-11,14H2,1-2H3. The molecule has 8 heteroatoms. The Morgan fingerprint density at radius 2 is 2.21 bits per heavy atom. The monoisotopic (exact) mass is 414 g/mol. The first-order chi connectivity index (χ1) is 14.2. The largest absolute Gasteiger partial charge is 0.497 e. The van der Waals surface area contributed by atoms with E-state index >= 15 is 0 Å². The van der Waals surface area contributed by atoms with E-state index in [0.717, 1.165) is 65.9 Å². The Morgan fingerprint density at radius 1 is 1.38 bits per heavy atom. The molecule has 3 aromatic rings. The maximum atomic E-state index is 13.3. The van der Waals surface area contributed by atoms with Gasteiger partial charge in [0.15, 0.2) is 5.13 Å². The van der Waals surface area contributed by atoms with Crippen molar-refractivity contribution < 1.29 is 14.3 Å². The van der Waals surface area contributed by atoms with Gasteiger partial charge in [0.1, 0.15) is 5.75 Å². The van der Waals surface area contributed by atoms with E-state index < -0.39 is 0 Å². The zero-order chi connectivity index (χ0) is 20.2. The smallest absolute Gasteiger partial charge is 0.233 e. The number of carbonyl (C=O) groups excluding carboxylic acids is 1. The van der Waals surface area contributed by atoms with Crippen LogP contribution in [0.3, 0.4) is 0 Å². The average molecular weight is 415 g/mol. The first-order valence-corrected chi connectivity index (χ1v) is 10.7. The molecule has 1 N–H and O–H groups in total. The minimum atomic E-state index is 0.0556.